The summed E-state index contributed by atoms with van der Waals surface area (Å²) in [6.07, 6.45) is 0.295. The van der Waals surface area contributed by atoms with Crippen molar-refractivity contribution in [2.45, 2.75) is 12.3 Å². The first-order valence-electron chi connectivity index (χ1n) is 9.40. The number of amides is 2. The van der Waals surface area contributed by atoms with Gasteiger partial charge in [0.1, 0.15) is 0 Å². The molecular weight excluding hydrogens is 354 g/mol. The molecule has 4 rings (SSSR count). The van der Waals surface area contributed by atoms with Gasteiger partial charge in [-0.3, -0.25) is 15.0 Å². The van der Waals surface area contributed by atoms with Gasteiger partial charge in [0.2, 0.25) is 5.91 Å². The van der Waals surface area contributed by atoms with E-state index in [9.17, 15) is 9.59 Å². The minimum absolute atomic E-state index is 0.0447. The van der Waals surface area contributed by atoms with Crippen LogP contribution in [0.4, 0.5) is 5.69 Å². The second-order valence-corrected chi connectivity index (χ2v) is 7.14. The third-order valence-electron chi connectivity index (χ3n) is 5.52. The van der Waals surface area contributed by atoms with Crippen molar-refractivity contribution in [2.24, 2.45) is 5.73 Å². The lowest BCUT2D eigenvalue weighted by atomic mass is 9.85. The molecule has 0 spiro atoms. The van der Waals surface area contributed by atoms with Crippen LogP contribution in [0, 0.1) is 5.41 Å². The summed E-state index contributed by atoms with van der Waals surface area (Å²) < 4.78 is 0. The van der Waals surface area contributed by atoms with E-state index in [2.05, 4.69) is 5.32 Å². The Labute approximate surface area is 163 Å². The van der Waals surface area contributed by atoms with Crippen LogP contribution in [0.5, 0.6) is 0 Å². The lowest BCUT2D eigenvalue weighted by Gasteiger charge is -2.35. The molecule has 1 atom stereocenters. The van der Waals surface area contributed by atoms with Gasteiger partial charge in [-0.25, -0.2) is 0 Å². The second kappa shape index (κ2) is 7.34. The molecule has 0 aliphatic carbocycles. The first-order chi connectivity index (χ1) is 13.5. The topological polar surface area (TPSA) is 103 Å². The van der Waals surface area contributed by atoms with Crippen molar-refractivity contribution in [3.63, 3.8) is 0 Å². The van der Waals surface area contributed by atoms with Gasteiger partial charge in [0.15, 0.2) is 5.96 Å². The molecule has 1 unspecified atom stereocenters. The van der Waals surface area contributed by atoms with Crippen molar-refractivity contribution in [1.29, 1.82) is 5.41 Å². The highest BCUT2D eigenvalue weighted by molar-refractivity contribution is 6.07. The predicted octanol–water partition coefficient (Wildman–Crippen LogP) is 1.81. The summed E-state index contributed by atoms with van der Waals surface area (Å²) in [6.45, 7) is 2.23. The number of carbonyl (C=O) groups is 2. The van der Waals surface area contributed by atoms with Gasteiger partial charge in [-0.1, -0.05) is 36.4 Å². The molecule has 2 heterocycles. The Morgan fingerprint density at radius 2 is 1.61 bits per heavy atom. The third-order valence-corrected chi connectivity index (χ3v) is 5.52. The number of benzene rings is 2. The van der Waals surface area contributed by atoms with Crippen molar-refractivity contribution < 1.29 is 9.59 Å². The number of nitrogens with two attached hydrogens (primary N) is 1. The molecule has 0 bridgehead atoms. The van der Waals surface area contributed by atoms with E-state index in [0.717, 1.165) is 16.8 Å². The smallest absolute Gasteiger partial charge is 0.255 e. The molecule has 28 heavy (non-hydrogen) atoms. The lowest BCUT2D eigenvalue weighted by molar-refractivity contribution is -0.132. The monoisotopic (exact) mass is 377 g/mol. The van der Waals surface area contributed by atoms with Crippen LogP contribution in [0.25, 0.3) is 0 Å². The zero-order valence-electron chi connectivity index (χ0n) is 15.5. The number of para-hydroxylation sites is 1. The van der Waals surface area contributed by atoms with Crippen LogP contribution in [0.3, 0.4) is 0 Å². The molecule has 2 aliphatic rings. The fourth-order valence-corrected chi connectivity index (χ4v) is 4.00. The maximum atomic E-state index is 13.1. The molecule has 0 radical (unpaired) electrons. The van der Waals surface area contributed by atoms with E-state index in [1.54, 1.807) is 11.0 Å². The van der Waals surface area contributed by atoms with E-state index in [-0.39, 0.29) is 23.7 Å². The SMILES string of the molecule is N=C(N)N1CCN(C(=O)CC2c3ccccc3NC(=O)c3ccccc32)CC1. The van der Waals surface area contributed by atoms with Gasteiger partial charge in [0.25, 0.3) is 5.91 Å². The van der Waals surface area contributed by atoms with Crippen LogP contribution in [-0.2, 0) is 4.79 Å². The van der Waals surface area contributed by atoms with Crippen molar-refractivity contribution >= 4 is 23.5 Å². The standard InChI is InChI=1S/C21H23N5O2/c22-21(23)26-11-9-25(10-12-26)19(27)13-17-14-5-1-2-7-16(14)20(28)24-18-8-4-3-6-15(17)18/h1-8,17H,9-13H2,(H3,22,23)(H,24,28). The number of anilines is 1. The van der Waals surface area contributed by atoms with Crippen LogP contribution in [-0.4, -0.2) is 53.8 Å². The Hall–Kier alpha value is -3.35. The molecule has 0 saturated carbocycles. The molecule has 7 heteroatoms. The number of piperazine rings is 1. The predicted molar refractivity (Wildman–Crippen MR) is 107 cm³/mol. The maximum absolute atomic E-state index is 13.1. The van der Waals surface area contributed by atoms with Gasteiger partial charge < -0.3 is 20.9 Å². The fraction of sp³-hybridized carbons (Fsp3) is 0.286. The van der Waals surface area contributed by atoms with E-state index in [1.807, 2.05) is 47.4 Å². The Balaban J connectivity index is 1.62. The molecule has 2 aromatic rings. The molecule has 2 aromatic carbocycles. The van der Waals surface area contributed by atoms with Gasteiger partial charge >= 0.3 is 0 Å². The average molecular weight is 377 g/mol. The number of guanidine groups is 1. The average Bonchev–Trinajstić information content (AvgIpc) is 2.83. The Morgan fingerprint density at radius 3 is 2.32 bits per heavy atom. The summed E-state index contributed by atoms with van der Waals surface area (Å²) in [5, 5.41) is 10.5. The molecule has 2 amide bonds. The van der Waals surface area contributed by atoms with E-state index < -0.39 is 0 Å². The number of rotatable bonds is 2. The van der Waals surface area contributed by atoms with E-state index in [0.29, 0.717) is 38.2 Å². The van der Waals surface area contributed by atoms with Crippen molar-refractivity contribution in [3.8, 4) is 0 Å². The minimum atomic E-state index is -0.190. The summed E-state index contributed by atoms with van der Waals surface area (Å²) in [5.41, 5.74) is 8.73. The van der Waals surface area contributed by atoms with Crippen LogP contribution < -0.4 is 11.1 Å². The largest absolute Gasteiger partial charge is 0.370 e. The Kier molecular flexibility index (Phi) is 4.73. The van der Waals surface area contributed by atoms with Gasteiger partial charge in [-0.05, 0) is 23.3 Å². The normalized spacial score (nSPS) is 18.6. The van der Waals surface area contributed by atoms with Crippen molar-refractivity contribution in [2.75, 3.05) is 31.5 Å². The maximum Gasteiger partial charge on any atom is 0.255 e. The summed E-state index contributed by atoms with van der Waals surface area (Å²) >= 11 is 0. The molecule has 1 saturated heterocycles. The number of fused-ring (bicyclic) bond motifs is 2. The van der Waals surface area contributed by atoms with Crippen LogP contribution in [0.2, 0.25) is 0 Å². The highest BCUT2D eigenvalue weighted by Gasteiger charge is 2.31. The molecular formula is C21H23N5O2. The first-order valence-corrected chi connectivity index (χ1v) is 9.40. The molecule has 7 nitrogen and oxygen atoms in total. The summed E-state index contributed by atoms with van der Waals surface area (Å²) in [5.74, 6) is -0.242. The number of hydrogen-bond acceptors (Lipinski definition) is 3. The van der Waals surface area contributed by atoms with Gasteiger partial charge in [-0.2, -0.15) is 0 Å². The molecule has 2 aliphatic heterocycles. The summed E-state index contributed by atoms with van der Waals surface area (Å²) in [7, 11) is 0. The number of nitrogens with zero attached hydrogens (tertiary/aromatic N) is 2. The van der Waals surface area contributed by atoms with Crippen LogP contribution in [0.15, 0.2) is 48.5 Å². The van der Waals surface area contributed by atoms with Crippen molar-refractivity contribution in [3.05, 3.63) is 65.2 Å². The third kappa shape index (κ3) is 3.31. The highest BCUT2D eigenvalue weighted by atomic mass is 16.2. The zero-order valence-corrected chi connectivity index (χ0v) is 15.5. The zero-order chi connectivity index (χ0) is 19.7. The number of carbonyl (C=O) groups excluding carboxylic acids is 2. The number of nitrogens with one attached hydrogen (secondary N) is 2. The van der Waals surface area contributed by atoms with Gasteiger partial charge in [0, 0.05) is 49.8 Å². The Bertz CT molecular complexity index is 934. The minimum Gasteiger partial charge on any atom is -0.370 e. The van der Waals surface area contributed by atoms with Crippen LogP contribution in [0.1, 0.15) is 33.8 Å². The van der Waals surface area contributed by atoms with Gasteiger partial charge in [-0.15, -0.1) is 0 Å². The molecule has 0 aromatic heterocycles. The lowest BCUT2D eigenvalue weighted by Crippen LogP contribution is -2.52. The molecule has 144 valence electrons. The summed E-state index contributed by atoms with van der Waals surface area (Å²) in [6, 6.07) is 15.2. The van der Waals surface area contributed by atoms with E-state index in [1.165, 1.54) is 0 Å². The Morgan fingerprint density at radius 1 is 1.00 bits per heavy atom. The molecule has 1 fully saturated rings. The molecule has 4 N–H and O–H groups in total. The van der Waals surface area contributed by atoms with E-state index in [4.69, 9.17) is 11.1 Å². The second-order valence-electron chi connectivity index (χ2n) is 7.14. The van der Waals surface area contributed by atoms with Crippen molar-refractivity contribution in [1.82, 2.24) is 9.80 Å². The fourth-order valence-electron chi connectivity index (χ4n) is 4.00. The quantitative estimate of drug-likeness (QED) is 0.549. The number of hydrogen-bond donors (Lipinski definition) is 3. The first kappa shape index (κ1) is 18.0. The summed E-state index contributed by atoms with van der Waals surface area (Å²) in [4.78, 5) is 29.3. The van der Waals surface area contributed by atoms with E-state index >= 15 is 0 Å². The van der Waals surface area contributed by atoms with Crippen LogP contribution >= 0.6 is 0 Å². The highest BCUT2D eigenvalue weighted by Crippen LogP contribution is 2.38. The van der Waals surface area contributed by atoms with Gasteiger partial charge in [0.05, 0.1) is 0 Å².